The Balaban J connectivity index is 1.27. The number of aromatic nitrogens is 3. The van der Waals surface area contributed by atoms with Crippen LogP contribution in [0.3, 0.4) is 0 Å². The molecule has 0 aliphatic carbocycles. The summed E-state index contributed by atoms with van der Waals surface area (Å²) in [6.45, 7) is 1.95. The number of aryl methyl sites for hydroxylation is 2. The van der Waals surface area contributed by atoms with Crippen LogP contribution in [0.2, 0.25) is 0 Å². The van der Waals surface area contributed by atoms with Crippen LogP contribution in [0.25, 0.3) is 28.1 Å². The van der Waals surface area contributed by atoms with E-state index in [1.165, 1.54) is 24.3 Å². The van der Waals surface area contributed by atoms with Gasteiger partial charge in [0.1, 0.15) is 0 Å². The van der Waals surface area contributed by atoms with E-state index in [1.54, 1.807) is 17.9 Å². The number of aromatic amines is 1. The summed E-state index contributed by atoms with van der Waals surface area (Å²) in [5.74, 6) is 0.519. The highest BCUT2D eigenvalue weighted by Gasteiger charge is 2.39. The van der Waals surface area contributed by atoms with Gasteiger partial charge in [-0.05, 0) is 48.2 Å². The Morgan fingerprint density at radius 1 is 1.19 bits per heavy atom. The van der Waals surface area contributed by atoms with Gasteiger partial charge in [0.2, 0.25) is 6.20 Å². The number of carbonyl (C=O) groups excluding carboxylic acids is 1. The van der Waals surface area contributed by atoms with Crippen LogP contribution in [-0.2, 0) is 18.3 Å². The van der Waals surface area contributed by atoms with Crippen molar-refractivity contribution in [2.24, 2.45) is 12.0 Å². The van der Waals surface area contributed by atoms with Gasteiger partial charge in [-0.2, -0.15) is 13.2 Å². The first-order chi connectivity index (χ1) is 17.6. The summed E-state index contributed by atoms with van der Waals surface area (Å²) in [5.41, 5.74) is 5.36. The van der Waals surface area contributed by atoms with Crippen molar-refractivity contribution < 1.29 is 32.3 Å². The average Bonchev–Trinajstić information content (AvgIpc) is 3.59. The van der Waals surface area contributed by atoms with Crippen LogP contribution in [0.5, 0.6) is 0 Å². The van der Waals surface area contributed by atoms with Gasteiger partial charge in [0.15, 0.2) is 24.2 Å². The highest BCUT2D eigenvalue weighted by Crippen LogP contribution is 2.34. The number of nitrogens with one attached hydrogen (secondary N) is 1. The molecular weight excluding hydrogens is 485 g/mol. The van der Waals surface area contributed by atoms with Crippen LogP contribution in [0.1, 0.15) is 42.6 Å². The van der Waals surface area contributed by atoms with Crippen LogP contribution >= 0.6 is 0 Å². The Hall–Kier alpha value is -4.05. The molecule has 0 radical (unpaired) electrons. The van der Waals surface area contributed by atoms with Crippen molar-refractivity contribution >= 4 is 28.1 Å². The standard InChI is InChI=1S/C27H24F3N4O3/c1-15-11-21(23(35)10-5-16-3-6-17(7-4-16)26(36)27(28,29)30)32-25(15)18-8-9-20-19(12-18)13-22(31-20)24-14-34(2)33-37-24/h3-4,6-9,12-14,26,31,36H,5,10-11H2,1-2H3/q+1. The van der Waals surface area contributed by atoms with Crippen molar-refractivity contribution in [2.45, 2.75) is 38.5 Å². The molecular formula is C27H24F3N4O3+. The molecule has 1 aliphatic heterocycles. The van der Waals surface area contributed by atoms with Gasteiger partial charge in [-0.1, -0.05) is 35.0 Å². The Morgan fingerprint density at radius 3 is 2.62 bits per heavy atom. The van der Waals surface area contributed by atoms with Crippen molar-refractivity contribution in [1.82, 2.24) is 10.3 Å². The quantitative estimate of drug-likeness (QED) is 0.342. The number of aliphatic hydroxyl groups excluding tert-OH is 1. The van der Waals surface area contributed by atoms with Gasteiger partial charge in [0.05, 0.1) is 17.1 Å². The topological polar surface area (TPSA) is 95.4 Å². The van der Waals surface area contributed by atoms with Crippen LogP contribution < -0.4 is 4.68 Å². The van der Waals surface area contributed by atoms with E-state index in [1.807, 2.05) is 31.2 Å². The Labute approximate surface area is 209 Å². The number of Topliss-reactive ketones (excluding diaryl/α,β-unsaturated/α-hetero) is 1. The number of hydrogen-bond acceptors (Lipinski definition) is 5. The molecule has 190 valence electrons. The lowest BCUT2D eigenvalue weighted by molar-refractivity contribution is -0.739. The molecule has 2 aromatic heterocycles. The van der Waals surface area contributed by atoms with Crippen molar-refractivity contribution in [3.8, 4) is 11.5 Å². The molecule has 0 spiro atoms. The highest BCUT2D eigenvalue weighted by atomic mass is 19.4. The second-order valence-corrected chi connectivity index (χ2v) is 9.20. The lowest BCUT2D eigenvalue weighted by atomic mass is 10.00. The molecule has 0 fully saturated rings. The average molecular weight is 510 g/mol. The van der Waals surface area contributed by atoms with E-state index >= 15 is 0 Å². The zero-order valence-electron chi connectivity index (χ0n) is 20.1. The molecule has 2 aromatic carbocycles. The summed E-state index contributed by atoms with van der Waals surface area (Å²) < 4.78 is 44.9. The Bertz CT molecular complexity index is 1550. The first-order valence-corrected chi connectivity index (χ1v) is 11.7. The molecule has 3 heterocycles. The SMILES string of the molecule is CC1=C(c2ccc3[nH]c(-c4c[n+](C)no4)cc3c2)N=C(C(=O)CCc2ccc(C(O)C(F)(F)F)cc2)C1. The number of hydrogen-bond donors (Lipinski definition) is 2. The number of carbonyl (C=O) groups is 1. The molecule has 1 unspecified atom stereocenters. The van der Waals surface area contributed by atoms with Crippen LogP contribution in [0.15, 0.2) is 69.8 Å². The maximum absolute atomic E-state index is 12.9. The monoisotopic (exact) mass is 509 g/mol. The molecule has 1 aliphatic rings. The number of ketones is 1. The first-order valence-electron chi connectivity index (χ1n) is 11.7. The largest absolute Gasteiger partial charge is 0.418 e. The smallest absolute Gasteiger partial charge is 0.379 e. The molecule has 10 heteroatoms. The van der Waals surface area contributed by atoms with Gasteiger partial charge < -0.3 is 10.1 Å². The summed E-state index contributed by atoms with van der Waals surface area (Å²) >= 11 is 0. The molecule has 37 heavy (non-hydrogen) atoms. The first kappa shape index (κ1) is 24.6. The fourth-order valence-electron chi connectivity index (χ4n) is 4.39. The fourth-order valence-corrected chi connectivity index (χ4v) is 4.39. The van der Waals surface area contributed by atoms with Gasteiger partial charge in [-0.15, -0.1) is 0 Å². The van der Waals surface area contributed by atoms with Gasteiger partial charge in [-0.25, -0.2) is 4.99 Å². The van der Waals surface area contributed by atoms with Gasteiger partial charge in [0, 0.05) is 29.3 Å². The molecule has 0 bridgehead atoms. The summed E-state index contributed by atoms with van der Waals surface area (Å²) in [5, 5.41) is 14.2. The number of aliphatic hydroxyl groups is 1. The maximum atomic E-state index is 12.9. The van der Waals surface area contributed by atoms with Crippen molar-refractivity contribution in [3.05, 3.63) is 77.0 Å². The van der Waals surface area contributed by atoms with Crippen molar-refractivity contribution in [2.75, 3.05) is 0 Å². The molecule has 2 N–H and O–H groups in total. The third-order valence-corrected chi connectivity index (χ3v) is 6.38. The van der Waals surface area contributed by atoms with E-state index in [9.17, 15) is 23.1 Å². The summed E-state index contributed by atoms with van der Waals surface area (Å²) in [6, 6.07) is 13.4. The van der Waals surface area contributed by atoms with Crippen LogP contribution in [0, 0.1) is 0 Å². The minimum atomic E-state index is -4.72. The van der Waals surface area contributed by atoms with E-state index in [2.05, 4.69) is 15.2 Å². The number of allylic oxidation sites excluding steroid dienone is 1. The summed E-state index contributed by atoms with van der Waals surface area (Å²) in [7, 11) is 1.78. The van der Waals surface area contributed by atoms with Gasteiger partial charge in [0.25, 0.3) is 5.76 Å². The minimum absolute atomic E-state index is 0.100. The summed E-state index contributed by atoms with van der Waals surface area (Å²) in [4.78, 5) is 20.8. The molecule has 1 atom stereocenters. The van der Waals surface area contributed by atoms with E-state index < -0.39 is 12.3 Å². The predicted octanol–water partition coefficient (Wildman–Crippen LogP) is 5.02. The lowest BCUT2D eigenvalue weighted by Crippen LogP contribution is -2.27. The number of aliphatic imine (C=N–C) groups is 1. The number of fused-ring (bicyclic) bond motifs is 1. The molecule has 4 aromatic rings. The molecule has 5 rings (SSSR count). The maximum Gasteiger partial charge on any atom is 0.418 e. The van der Waals surface area contributed by atoms with Gasteiger partial charge >= 0.3 is 6.18 Å². The fraction of sp³-hybridized carbons (Fsp3) is 0.259. The van der Waals surface area contributed by atoms with E-state index in [0.717, 1.165) is 33.4 Å². The summed E-state index contributed by atoms with van der Waals surface area (Å²) in [6.07, 6.45) is -4.45. The zero-order valence-corrected chi connectivity index (χ0v) is 20.1. The molecule has 0 saturated heterocycles. The normalized spacial score (nSPS) is 14.9. The van der Waals surface area contributed by atoms with E-state index in [0.29, 0.717) is 29.9 Å². The molecule has 7 nitrogen and oxygen atoms in total. The number of nitrogens with zero attached hydrogens (tertiary/aromatic N) is 3. The van der Waals surface area contributed by atoms with Crippen molar-refractivity contribution in [3.63, 3.8) is 0 Å². The van der Waals surface area contributed by atoms with Gasteiger partial charge in [-0.3, -0.25) is 9.32 Å². The van der Waals surface area contributed by atoms with Crippen LogP contribution in [0.4, 0.5) is 13.2 Å². The predicted molar refractivity (Wildman–Crippen MR) is 130 cm³/mol. The van der Waals surface area contributed by atoms with E-state index in [-0.39, 0.29) is 17.8 Å². The van der Waals surface area contributed by atoms with Crippen LogP contribution in [-0.4, -0.2) is 33.0 Å². The second kappa shape index (κ2) is 9.44. The number of rotatable bonds is 7. The minimum Gasteiger partial charge on any atom is -0.379 e. The van der Waals surface area contributed by atoms with E-state index in [4.69, 9.17) is 4.52 Å². The Kier molecular flexibility index (Phi) is 6.28. The third-order valence-electron chi connectivity index (χ3n) is 6.38. The number of alkyl halides is 3. The van der Waals surface area contributed by atoms with Crippen molar-refractivity contribution in [1.29, 1.82) is 0 Å². The number of benzene rings is 2. The third kappa shape index (κ3) is 5.10. The number of H-pyrrole nitrogens is 1. The highest BCUT2D eigenvalue weighted by molar-refractivity contribution is 6.42. The zero-order chi connectivity index (χ0) is 26.3. The Morgan fingerprint density at radius 2 is 1.95 bits per heavy atom. The second-order valence-electron chi connectivity index (χ2n) is 9.20. The molecule has 0 amide bonds. The molecule has 0 saturated carbocycles. The number of halogens is 3. The lowest BCUT2D eigenvalue weighted by Gasteiger charge is -2.15.